The molecular formula is C14H21FN2O2S. The highest BCUT2D eigenvalue weighted by molar-refractivity contribution is 7.89. The van der Waals surface area contributed by atoms with Gasteiger partial charge in [0.2, 0.25) is 10.0 Å². The van der Waals surface area contributed by atoms with Crippen LogP contribution in [0.2, 0.25) is 0 Å². The van der Waals surface area contributed by atoms with Crippen molar-refractivity contribution < 1.29 is 12.8 Å². The van der Waals surface area contributed by atoms with Gasteiger partial charge >= 0.3 is 0 Å². The maximum atomic E-state index is 13.7. The van der Waals surface area contributed by atoms with Gasteiger partial charge in [-0.05, 0) is 49.3 Å². The van der Waals surface area contributed by atoms with Crippen molar-refractivity contribution in [2.75, 3.05) is 6.54 Å². The molecule has 1 aromatic rings. The van der Waals surface area contributed by atoms with Crippen molar-refractivity contribution in [3.8, 4) is 0 Å². The van der Waals surface area contributed by atoms with Gasteiger partial charge in [-0.15, -0.1) is 0 Å². The van der Waals surface area contributed by atoms with E-state index in [1.54, 1.807) is 0 Å². The maximum absolute atomic E-state index is 13.7. The molecule has 1 saturated carbocycles. The highest BCUT2D eigenvalue weighted by Gasteiger charge is 2.29. The summed E-state index contributed by atoms with van der Waals surface area (Å²) in [5.41, 5.74) is 6.08. The maximum Gasteiger partial charge on any atom is 0.240 e. The normalized spacial score (nSPS) is 17.2. The summed E-state index contributed by atoms with van der Waals surface area (Å²) in [7, 11) is -3.69. The lowest BCUT2D eigenvalue weighted by Crippen LogP contribution is -2.30. The third kappa shape index (κ3) is 3.37. The molecule has 1 aliphatic rings. The van der Waals surface area contributed by atoms with E-state index in [0.717, 1.165) is 0 Å². The summed E-state index contributed by atoms with van der Waals surface area (Å²) in [6.07, 6.45) is 2.33. The summed E-state index contributed by atoms with van der Waals surface area (Å²) < 4.78 is 40.9. The van der Waals surface area contributed by atoms with Gasteiger partial charge in [-0.2, -0.15) is 0 Å². The third-order valence-electron chi connectivity index (χ3n) is 3.90. The van der Waals surface area contributed by atoms with Gasteiger partial charge in [-0.25, -0.2) is 17.5 Å². The lowest BCUT2D eigenvalue weighted by molar-refractivity contribution is 0.491. The van der Waals surface area contributed by atoms with Gasteiger partial charge in [0, 0.05) is 18.7 Å². The van der Waals surface area contributed by atoms with E-state index in [-0.39, 0.29) is 17.0 Å². The van der Waals surface area contributed by atoms with Crippen molar-refractivity contribution in [3.05, 3.63) is 29.1 Å². The summed E-state index contributed by atoms with van der Waals surface area (Å²) >= 11 is 0. The largest absolute Gasteiger partial charge is 0.326 e. The fraction of sp³-hybridized carbons (Fsp3) is 0.571. The number of hydrogen-bond donors (Lipinski definition) is 2. The molecule has 4 nitrogen and oxygen atoms in total. The Labute approximate surface area is 119 Å². The van der Waals surface area contributed by atoms with Crippen LogP contribution in [0, 0.1) is 24.6 Å². The molecule has 1 aliphatic carbocycles. The second-order valence-electron chi connectivity index (χ2n) is 5.57. The van der Waals surface area contributed by atoms with Crippen LogP contribution < -0.4 is 10.5 Å². The highest BCUT2D eigenvalue weighted by atomic mass is 32.2. The summed E-state index contributed by atoms with van der Waals surface area (Å²) in [5.74, 6) is 0.391. The van der Waals surface area contributed by atoms with E-state index in [1.807, 2.05) is 6.92 Å². The first kappa shape index (κ1) is 15.4. The zero-order valence-corrected chi connectivity index (χ0v) is 12.6. The van der Waals surface area contributed by atoms with Gasteiger partial charge in [0.05, 0.1) is 4.90 Å². The van der Waals surface area contributed by atoms with Gasteiger partial charge in [0.25, 0.3) is 0 Å². The monoisotopic (exact) mass is 300 g/mol. The van der Waals surface area contributed by atoms with E-state index in [9.17, 15) is 12.8 Å². The summed E-state index contributed by atoms with van der Waals surface area (Å²) in [5, 5.41) is 0. The van der Waals surface area contributed by atoms with Crippen molar-refractivity contribution >= 4 is 10.0 Å². The molecule has 2 rings (SSSR count). The Morgan fingerprint density at radius 3 is 2.65 bits per heavy atom. The standard InChI is InChI=1S/C14H21FN2O2S/c1-9(12-3-4-12)8-17-20(18,19)14-6-11(7-16)5-13(15)10(14)2/h5-6,9,12,17H,3-4,7-8,16H2,1-2H3. The molecule has 6 heteroatoms. The number of nitrogens with one attached hydrogen (secondary N) is 1. The van der Waals surface area contributed by atoms with Crippen LogP contribution in [0.1, 0.15) is 30.9 Å². The molecule has 112 valence electrons. The minimum Gasteiger partial charge on any atom is -0.326 e. The van der Waals surface area contributed by atoms with Crippen molar-refractivity contribution in [1.82, 2.24) is 4.72 Å². The van der Waals surface area contributed by atoms with E-state index in [0.29, 0.717) is 23.9 Å². The number of nitrogens with two attached hydrogens (primary N) is 1. The first-order valence-corrected chi connectivity index (χ1v) is 8.32. The van der Waals surface area contributed by atoms with Crippen LogP contribution in [0.5, 0.6) is 0 Å². The van der Waals surface area contributed by atoms with Gasteiger partial charge in [-0.3, -0.25) is 0 Å². The zero-order chi connectivity index (χ0) is 14.9. The van der Waals surface area contributed by atoms with Crippen LogP contribution in [0.25, 0.3) is 0 Å². The number of benzene rings is 1. The van der Waals surface area contributed by atoms with Gasteiger partial charge in [-0.1, -0.05) is 6.92 Å². The van der Waals surface area contributed by atoms with Crippen LogP contribution >= 0.6 is 0 Å². The van der Waals surface area contributed by atoms with E-state index < -0.39 is 15.8 Å². The first-order chi connectivity index (χ1) is 9.35. The predicted octanol–water partition coefficient (Wildman–Crippen LogP) is 1.92. The Morgan fingerprint density at radius 2 is 2.10 bits per heavy atom. The lowest BCUT2D eigenvalue weighted by atomic mass is 10.1. The van der Waals surface area contributed by atoms with E-state index in [4.69, 9.17) is 5.73 Å². The van der Waals surface area contributed by atoms with Gasteiger partial charge in [0.15, 0.2) is 0 Å². The summed E-state index contributed by atoms with van der Waals surface area (Å²) in [6.45, 7) is 4.00. The molecule has 0 aromatic heterocycles. The number of halogens is 1. The van der Waals surface area contributed by atoms with Gasteiger partial charge < -0.3 is 5.73 Å². The smallest absolute Gasteiger partial charge is 0.240 e. The topological polar surface area (TPSA) is 72.2 Å². The fourth-order valence-corrected chi connectivity index (χ4v) is 3.70. The minimum atomic E-state index is -3.69. The molecule has 1 unspecified atom stereocenters. The van der Waals surface area contributed by atoms with Crippen LogP contribution in [0.4, 0.5) is 4.39 Å². The summed E-state index contributed by atoms with van der Waals surface area (Å²) in [6, 6.07) is 2.73. The number of hydrogen-bond acceptors (Lipinski definition) is 3. The second-order valence-corrected chi connectivity index (χ2v) is 7.31. The number of rotatable bonds is 6. The average molecular weight is 300 g/mol. The molecule has 0 radical (unpaired) electrons. The molecule has 0 heterocycles. The van der Waals surface area contributed by atoms with E-state index >= 15 is 0 Å². The molecule has 3 N–H and O–H groups in total. The van der Waals surface area contributed by atoms with Crippen LogP contribution in [0.15, 0.2) is 17.0 Å². The van der Waals surface area contributed by atoms with Crippen molar-refractivity contribution in [3.63, 3.8) is 0 Å². The molecule has 0 aliphatic heterocycles. The van der Waals surface area contributed by atoms with Crippen LogP contribution in [-0.4, -0.2) is 15.0 Å². The Bertz CT molecular complexity index is 597. The quantitative estimate of drug-likeness (QED) is 0.843. The molecular weight excluding hydrogens is 279 g/mol. The SMILES string of the molecule is Cc1c(F)cc(CN)cc1S(=O)(=O)NCC(C)C1CC1. The fourth-order valence-electron chi connectivity index (χ4n) is 2.25. The lowest BCUT2D eigenvalue weighted by Gasteiger charge is -2.14. The minimum absolute atomic E-state index is 0.0130. The molecule has 1 atom stereocenters. The summed E-state index contributed by atoms with van der Waals surface area (Å²) in [4.78, 5) is -0.0130. The van der Waals surface area contributed by atoms with Crippen LogP contribution in [-0.2, 0) is 16.6 Å². The molecule has 0 amide bonds. The third-order valence-corrected chi connectivity index (χ3v) is 5.45. The highest BCUT2D eigenvalue weighted by Crippen LogP contribution is 2.36. The zero-order valence-electron chi connectivity index (χ0n) is 11.8. The van der Waals surface area contributed by atoms with Crippen molar-refractivity contribution in [2.24, 2.45) is 17.6 Å². The first-order valence-electron chi connectivity index (χ1n) is 6.84. The van der Waals surface area contributed by atoms with Crippen LogP contribution in [0.3, 0.4) is 0 Å². The van der Waals surface area contributed by atoms with Crippen molar-refractivity contribution in [2.45, 2.75) is 38.1 Å². The van der Waals surface area contributed by atoms with E-state index in [2.05, 4.69) is 4.72 Å². The molecule has 1 aromatic carbocycles. The molecule has 0 bridgehead atoms. The second kappa shape index (κ2) is 5.79. The molecule has 0 spiro atoms. The van der Waals surface area contributed by atoms with E-state index in [1.165, 1.54) is 31.9 Å². The molecule has 1 fully saturated rings. The molecule has 0 saturated heterocycles. The number of sulfonamides is 1. The Balaban J connectivity index is 2.21. The van der Waals surface area contributed by atoms with Crippen molar-refractivity contribution in [1.29, 1.82) is 0 Å². The average Bonchev–Trinajstić information content (AvgIpc) is 3.23. The molecule has 20 heavy (non-hydrogen) atoms. The Morgan fingerprint density at radius 1 is 1.45 bits per heavy atom. The Hall–Kier alpha value is -0.980. The van der Waals surface area contributed by atoms with Gasteiger partial charge in [0.1, 0.15) is 5.82 Å². The Kier molecular flexibility index (Phi) is 4.46. The predicted molar refractivity (Wildman–Crippen MR) is 76.1 cm³/mol.